The summed E-state index contributed by atoms with van der Waals surface area (Å²) >= 11 is 5.41. The predicted molar refractivity (Wildman–Crippen MR) is 54.0 cm³/mol. The SMILES string of the molecule is O=Cc1ccc(C#CCCCl)c(F)c1. The van der Waals surface area contributed by atoms with E-state index in [0.717, 1.165) is 6.07 Å². The van der Waals surface area contributed by atoms with Crippen molar-refractivity contribution in [2.45, 2.75) is 6.42 Å². The highest BCUT2D eigenvalue weighted by Crippen LogP contribution is 2.07. The van der Waals surface area contributed by atoms with Gasteiger partial charge in [-0.25, -0.2) is 4.39 Å². The highest BCUT2D eigenvalue weighted by atomic mass is 35.5. The van der Waals surface area contributed by atoms with E-state index in [4.69, 9.17) is 11.6 Å². The van der Waals surface area contributed by atoms with Crippen molar-refractivity contribution in [1.29, 1.82) is 0 Å². The van der Waals surface area contributed by atoms with Gasteiger partial charge >= 0.3 is 0 Å². The summed E-state index contributed by atoms with van der Waals surface area (Å²) in [6, 6.07) is 4.18. The van der Waals surface area contributed by atoms with E-state index in [9.17, 15) is 9.18 Å². The molecule has 0 aromatic heterocycles. The van der Waals surface area contributed by atoms with E-state index >= 15 is 0 Å². The number of halogens is 2. The van der Waals surface area contributed by atoms with E-state index in [-0.39, 0.29) is 0 Å². The van der Waals surface area contributed by atoms with Gasteiger partial charge in [0.05, 0.1) is 5.56 Å². The summed E-state index contributed by atoms with van der Waals surface area (Å²) in [5, 5.41) is 0. The van der Waals surface area contributed by atoms with E-state index in [1.165, 1.54) is 12.1 Å². The molecule has 0 heterocycles. The molecule has 0 N–H and O–H groups in total. The fraction of sp³-hybridized carbons (Fsp3) is 0.182. The molecule has 72 valence electrons. The summed E-state index contributed by atoms with van der Waals surface area (Å²) in [5.74, 6) is 5.32. The van der Waals surface area contributed by atoms with Gasteiger partial charge in [0.15, 0.2) is 0 Å². The van der Waals surface area contributed by atoms with Crippen LogP contribution in [0.3, 0.4) is 0 Å². The molecule has 0 aliphatic heterocycles. The summed E-state index contributed by atoms with van der Waals surface area (Å²) in [4.78, 5) is 10.3. The molecule has 0 aliphatic carbocycles. The average Bonchev–Trinajstić information content (AvgIpc) is 2.20. The molecule has 0 spiro atoms. The molecule has 1 nitrogen and oxygen atoms in total. The van der Waals surface area contributed by atoms with Crippen LogP contribution < -0.4 is 0 Å². The van der Waals surface area contributed by atoms with Crippen molar-refractivity contribution in [2.24, 2.45) is 0 Å². The molecule has 14 heavy (non-hydrogen) atoms. The number of rotatable bonds is 2. The monoisotopic (exact) mass is 210 g/mol. The van der Waals surface area contributed by atoms with Crippen LogP contribution in [0.5, 0.6) is 0 Å². The molecule has 0 aliphatic rings. The first-order chi connectivity index (χ1) is 6.77. The Morgan fingerprint density at radius 1 is 1.50 bits per heavy atom. The van der Waals surface area contributed by atoms with Crippen LogP contribution in [0, 0.1) is 17.7 Å². The van der Waals surface area contributed by atoms with Gasteiger partial charge in [-0.2, -0.15) is 0 Å². The van der Waals surface area contributed by atoms with Gasteiger partial charge in [0, 0.05) is 17.9 Å². The van der Waals surface area contributed by atoms with Crippen LogP contribution in [-0.2, 0) is 0 Å². The summed E-state index contributed by atoms with van der Waals surface area (Å²) in [7, 11) is 0. The Kier molecular flexibility index (Phi) is 4.15. The van der Waals surface area contributed by atoms with Gasteiger partial charge in [-0.05, 0) is 12.1 Å². The van der Waals surface area contributed by atoms with Crippen molar-refractivity contribution >= 4 is 17.9 Å². The van der Waals surface area contributed by atoms with E-state index in [1.54, 1.807) is 0 Å². The van der Waals surface area contributed by atoms with Gasteiger partial charge in [0.1, 0.15) is 12.1 Å². The van der Waals surface area contributed by atoms with Gasteiger partial charge in [0.25, 0.3) is 0 Å². The molecule has 0 atom stereocenters. The zero-order chi connectivity index (χ0) is 10.4. The minimum absolute atomic E-state index is 0.292. The lowest BCUT2D eigenvalue weighted by Gasteiger charge is -1.94. The third-order valence-corrected chi connectivity index (χ3v) is 1.76. The Hall–Kier alpha value is -1.33. The smallest absolute Gasteiger partial charge is 0.150 e. The first kappa shape index (κ1) is 10.7. The number of hydrogen-bond donors (Lipinski definition) is 0. The topological polar surface area (TPSA) is 17.1 Å². The fourth-order valence-electron chi connectivity index (χ4n) is 0.911. The number of hydrogen-bond acceptors (Lipinski definition) is 1. The Balaban J connectivity index is 2.90. The first-order valence-corrected chi connectivity index (χ1v) is 4.61. The molecule has 0 saturated heterocycles. The summed E-state index contributed by atoms with van der Waals surface area (Å²) < 4.78 is 13.2. The second-order valence-electron chi connectivity index (χ2n) is 2.60. The first-order valence-electron chi connectivity index (χ1n) is 4.07. The maximum absolute atomic E-state index is 13.2. The van der Waals surface area contributed by atoms with E-state index in [2.05, 4.69) is 11.8 Å². The van der Waals surface area contributed by atoms with Crippen LogP contribution in [0.1, 0.15) is 22.3 Å². The maximum atomic E-state index is 13.2. The quantitative estimate of drug-likeness (QED) is 0.417. The number of aldehydes is 1. The minimum Gasteiger partial charge on any atom is -0.298 e. The van der Waals surface area contributed by atoms with Crippen molar-refractivity contribution in [3.05, 3.63) is 35.1 Å². The van der Waals surface area contributed by atoms with Crippen molar-refractivity contribution in [1.82, 2.24) is 0 Å². The van der Waals surface area contributed by atoms with Gasteiger partial charge in [0.2, 0.25) is 0 Å². The van der Waals surface area contributed by atoms with Crippen LogP contribution in [0.4, 0.5) is 4.39 Å². The molecule has 1 rings (SSSR count). The number of alkyl halides is 1. The zero-order valence-corrected chi connectivity index (χ0v) is 8.14. The molecule has 1 aromatic carbocycles. The van der Waals surface area contributed by atoms with Crippen molar-refractivity contribution in [2.75, 3.05) is 5.88 Å². The van der Waals surface area contributed by atoms with Crippen molar-refractivity contribution in [3.63, 3.8) is 0 Å². The average molecular weight is 211 g/mol. The summed E-state index contributed by atoms with van der Waals surface area (Å²) in [6.45, 7) is 0. The molecule has 0 bridgehead atoms. The third-order valence-electron chi connectivity index (χ3n) is 1.57. The predicted octanol–water partition coefficient (Wildman–Crippen LogP) is 2.62. The minimum atomic E-state index is -0.475. The maximum Gasteiger partial charge on any atom is 0.150 e. The van der Waals surface area contributed by atoms with Crippen LogP contribution in [0.15, 0.2) is 18.2 Å². The molecule has 1 aromatic rings. The molecule has 0 amide bonds. The molecular weight excluding hydrogens is 203 g/mol. The van der Waals surface area contributed by atoms with E-state index in [0.29, 0.717) is 29.7 Å². The van der Waals surface area contributed by atoms with Gasteiger partial charge < -0.3 is 0 Å². The molecule has 0 saturated carbocycles. The normalized spacial score (nSPS) is 9.00. The third kappa shape index (κ3) is 2.86. The van der Waals surface area contributed by atoms with Gasteiger partial charge in [-0.3, -0.25) is 4.79 Å². The van der Waals surface area contributed by atoms with E-state index < -0.39 is 5.82 Å². The second kappa shape index (κ2) is 5.41. The Morgan fingerprint density at radius 2 is 2.29 bits per heavy atom. The molecule has 0 unspecified atom stereocenters. The molecule has 0 radical (unpaired) electrons. The molecule has 0 fully saturated rings. The Morgan fingerprint density at radius 3 is 2.86 bits per heavy atom. The summed E-state index contributed by atoms with van der Waals surface area (Å²) in [5.41, 5.74) is 0.603. The zero-order valence-electron chi connectivity index (χ0n) is 7.39. The summed E-state index contributed by atoms with van der Waals surface area (Å²) in [6.07, 6.45) is 1.12. The highest BCUT2D eigenvalue weighted by molar-refractivity contribution is 6.18. The van der Waals surface area contributed by atoms with Crippen LogP contribution in [0.2, 0.25) is 0 Å². The van der Waals surface area contributed by atoms with Crippen molar-refractivity contribution < 1.29 is 9.18 Å². The lowest BCUT2D eigenvalue weighted by molar-refractivity contribution is 0.112. The molecular formula is C11H8ClFO. The van der Waals surface area contributed by atoms with Gasteiger partial charge in [-0.1, -0.05) is 17.9 Å². The van der Waals surface area contributed by atoms with Gasteiger partial charge in [-0.15, -0.1) is 11.6 Å². The van der Waals surface area contributed by atoms with E-state index in [1.807, 2.05) is 0 Å². The fourth-order valence-corrected chi connectivity index (χ4v) is 1.01. The number of benzene rings is 1. The molecule has 3 heteroatoms. The largest absolute Gasteiger partial charge is 0.298 e. The van der Waals surface area contributed by atoms with Crippen LogP contribution in [0.25, 0.3) is 0 Å². The standard InChI is InChI=1S/C11H8ClFO/c12-6-2-1-3-10-5-4-9(8-14)7-11(10)13/h4-5,7-8H,2,6H2. The Bertz CT molecular complexity index is 390. The second-order valence-corrected chi connectivity index (χ2v) is 2.98. The highest BCUT2D eigenvalue weighted by Gasteiger charge is 1.99. The Labute approximate surface area is 86.9 Å². The lowest BCUT2D eigenvalue weighted by Crippen LogP contribution is -1.87. The number of carbonyl (C=O) groups is 1. The lowest BCUT2D eigenvalue weighted by atomic mass is 10.1. The van der Waals surface area contributed by atoms with Crippen molar-refractivity contribution in [3.8, 4) is 11.8 Å². The van der Waals surface area contributed by atoms with Crippen LogP contribution >= 0.6 is 11.6 Å². The number of carbonyl (C=O) groups excluding carboxylic acids is 1. The van der Waals surface area contributed by atoms with Crippen LogP contribution in [-0.4, -0.2) is 12.2 Å².